The van der Waals surface area contributed by atoms with Crippen molar-refractivity contribution in [3.8, 4) is 0 Å². The third-order valence-electron chi connectivity index (χ3n) is 1.89. The Bertz CT molecular complexity index is 417. The zero-order valence-corrected chi connectivity index (χ0v) is 9.24. The lowest BCUT2D eigenvalue weighted by Crippen LogP contribution is -2.14. The number of amides is 2. The maximum atomic E-state index is 11.0. The van der Waals surface area contributed by atoms with Crippen LogP contribution in [0.25, 0.3) is 0 Å². The number of hydrogen-bond donors (Lipinski definition) is 1. The highest BCUT2D eigenvalue weighted by atomic mass is 16.6. The highest BCUT2D eigenvalue weighted by Crippen LogP contribution is 2.06. The van der Waals surface area contributed by atoms with Gasteiger partial charge in [0.25, 0.3) is 0 Å². The Morgan fingerprint density at radius 3 is 2.53 bits per heavy atom. The summed E-state index contributed by atoms with van der Waals surface area (Å²) in [6.45, 7) is 1.70. The number of ether oxygens (including phenoxy) is 1. The number of benzene rings is 1. The van der Waals surface area contributed by atoms with Gasteiger partial charge in [-0.25, -0.2) is 9.59 Å². The summed E-state index contributed by atoms with van der Waals surface area (Å²) in [6.07, 6.45) is -2.39. The summed E-state index contributed by atoms with van der Waals surface area (Å²) in [5.41, 5.74) is 1.02. The molecule has 0 aliphatic carbocycles. The minimum Gasteiger partial charge on any atom is -0.462 e. The molecule has 1 aromatic rings. The van der Waals surface area contributed by atoms with Crippen molar-refractivity contribution in [2.45, 2.75) is 19.4 Å². The van der Waals surface area contributed by atoms with Crippen LogP contribution in [0.2, 0.25) is 0 Å². The molecule has 1 unspecified atom stereocenters. The molecule has 0 fully saturated rings. The topological polar surface area (TPSA) is 88.3 Å². The molecule has 90 valence electrons. The van der Waals surface area contributed by atoms with E-state index in [0.717, 1.165) is 5.56 Å². The van der Waals surface area contributed by atoms with Crippen LogP contribution < -0.4 is 0 Å². The van der Waals surface area contributed by atoms with Crippen molar-refractivity contribution in [2.24, 2.45) is 10.2 Å². The summed E-state index contributed by atoms with van der Waals surface area (Å²) >= 11 is 0. The van der Waals surface area contributed by atoms with Gasteiger partial charge in [0.15, 0.2) is 0 Å². The predicted octanol–water partition coefficient (Wildman–Crippen LogP) is 2.88. The van der Waals surface area contributed by atoms with Crippen LogP contribution in [0.15, 0.2) is 40.6 Å². The first-order valence-electron chi connectivity index (χ1n) is 4.97. The molecule has 0 aromatic heterocycles. The number of azo groups is 1. The maximum absolute atomic E-state index is 11.0. The van der Waals surface area contributed by atoms with Gasteiger partial charge in [0, 0.05) is 6.42 Å². The Kier molecular flexibility index (Phi) is 4.80. The van der Waals surface area contributed by atoms with E-state index in [1.807, 2.05) is 30.3 Å². The maximum Gasteiger partial charge on any atom is 0.452 e. The van der Waals surface area contributed by atoms with E-state index in [1.54, 1.807) is 6.92 Å². The third kappa shape index (κ3) is 5.41. The van der Waals surface area contributed by atoms with Crippen LogP contribution in [-0.4, -0.2) is 23.4 Å². The van der Waals surface area contributed by atoms with Gasteiger partial charge in [-0.1, -0.05) is 40.6 Å². The van der Waals surface area contributed by atoms with Crippen molar-refractivity contribution in [3.05, 3.63) is 35.9 Å². The van der Waals surface area contributed by atoms with Crippen molar-refractivity contribution in [3.63, 3.8) is 0 Å². The van der Waals surface area contributed by atoms with Crippen molar-refractivity contribution >= 4 is 12.2 Å². The van der Waals surface area contributed by atoms with Gasteiger partial charge in [-0.2, -0.15) is 0 Å². The Balaban J connectivity index is 2.42. The van der Waals surface area contributed by atoms with Gasteiger partial charge in [0.2, 0.25) is 0 Å². The minimum absolute atomic E-state index is 0.391. The molecule has 6 heteroatoms. The molecule has 0 bridgehead atoms. The molecule has 0 heterocycles. The summed E-state index contributed by atoms with van der Waals surface area (Å²) in [5, 5.41) is 13.7. The standard InChI is InChI=1S/C11H12N2O4/c1-8(7-9-5-3-2-4-6-9)17-11(16)13-12-10(14)15/h2-6,8H,7H2,1H3,(H,14,15). The lowest BCUT2D eigenvalue weighted by molar-refractivity contribution is 0.114. The van der Waals surface area contributed by atoms with Gasteiger partial charge in [-0.3, -0.25) is 0 Å². The van der Waals surface area contributed by atoms with Crippen LogP contribution in [0.3, 0.4) is 0 Å². The highest BCUT2D eigenvalue weighted by molar-refractivity contribution is 5.72. The number of rotatable bonds is 3. The number of carbonyl (C=O) groups is 2. The van der Waals surface area contributed by atoms with Crippen LogP contribution >= 0.6 is 0 Å². The first kappa shape index (κ1) is 12.8. The van der Waals surface area contributed by atoms with Crippen LogP contribution in [0, 0.1) is 0 Å². The van der Waals surface area contributed by atoms with E-state index in [9.17, 15) is 9.59 Å². The molecule has 1 N–H and O–H groups in total. The minimum atomic E-state index is -1.53. The van der Waals surface area contributed by atoms with Gasteiger partial charge in [-0.15, -0.1) is 0 Å². The number of carbonyl (C=O) groups excluding carboxylic acids is 1. The van der Waals surface area contributed by atoms with E-state index in [4.69, 9.17) is 9.84 Å². The lowest BCUT2D eigenvalue weighted by Gasteiger charge is -2.10. The van der Waals surface area contributed by atoms with Crippen molar-refractivity contribution in [2.75, 3.05) is 0 Å². The molecule has 17 heavy (non-hydrogen) atoms. The van der Waals surface area contributed by atoms with E-state index in [0.29, 0.717) is 6.42 Å². The first-order valence-corrected chi connectivity index (χ1v) is 4.97. The molecule has 6 nitrogen and oxygen atoms in total. The summed E-state index contributed by atoms with van der Waals surface area (Å²) in [5.74, 6) is 0. The third-order valence-corrected chi connectivity index (χ3v) is 1.89. The molecule has 0 saturated carbocycles. The molecule has 1 aromatic carbocycles. The molecule has 0 saturated heterocycles. The molecule has 2 amide bonds. The van der Waals surface area contributed by atoms with Gasteiger partial charge in [0.1, 0.15) is 6.10 Å². The number of hydrogen-bond acceptors (Lipinski definition) is 3. The molecular formula is C11H12N2O4. The zero-order chi connectivity index (χ0) is 12.7. The van der Waals surface area contributed by atoms with E-state index >= 15 is 0 Å². The van der Waals surface area contributed by atoms with Crippen molar-refractivity contribution < 1.29 is 19.4 Å². The molecule has 1 atom stereocenters. The lowest BCUT2D eigenvalue weighted by atomic mass is 10.1. The zero-order valence-electron chi connectivity index (χ0n) is 9.24. The van der Waals surface area contributed by atoms with E-state index < -0.39 is 18.3 Å². The predicted molar refractivity (Wildman–Crippen MR) is 59.0 cm³/mol. The molecule has 0 radical (unpaired) electrons. The second-order valence-corrected chi connectivity index (χ2v) is 3.37. The van der Waals surface area contributed by atoms with Crippen molar-refractivity contribution in [1.29, 1.82) is 0 Å². The van der Waals surface area contributed by atoms with Crippen LogP contribution in [0.1, 0.15) is 12.5 Å². The second-order valence-electron chi connectivity index (χ2n) is 3.37. The van der Waals surface area contributed by atoms with Crippen LogP contribution in [0.4, 0.5) is 9.59 Å². The van der Waals surface area contributed by atoms with Crippen LogP contribution in [-0.2, 0) is 11.2 Å². The Morgan fingerprint density at radius 1 is 1.29 bits per heavy atom. The second kappa shape index (κ2) is 6.37. The fourth-order valence-electron chi connectivity index (χ4n) is 1.27. The summed E-state index contributed by atoms with van der Waals surface area (Å²) in [4.78, 5) is 21.0. The quantitative estimate of drug-likeness (QED) is 0.817. The summed E-state index contributed by atoms with van der Waals surface area (Å²) < 4.78 is 4.84. The fraction of sp³-hybridized carbons (Fsp3) is 0.273. The largest absolute Gasteiger partial charge is 0.462 e. The van der Waals surface area contributed by atoms with Gasteiger partial charge >= 0.3 is 12.2 Å². The average Bonchev–Trinajstić information content (AvgIpc) is 2.27. The summed E-state index contributed by atoms with van der Waals surface area (Å²) in [6, 6.07) is 9.47. The number of nitrogens with zero attached hydrogens (tertiary/aromatic N) is 2. The Morgan fingerprint density at radius 2 is 1.94 bits per heavy atom. The Labute approximate surface area is 97.9 Å². The molecule has 0 aliphatic heterocycles. The van der Waals surface area contributed by atoms with E-state index in [1.165, 1.54) is 0 Å². The monoisotopic (exact) mass is 236 g/mol. The average molecular weight is 236 g/mol. The first-order chi connectivity index (χ1) is 8.08. The van der Waals surface area contributed by atoms with Gasteiger partial charge in [0.05, 0.1) is 0 Å². The molecule has 1 rings (SSSR count). The molecule has 0 aliphatic rings. The van der Waals surface area contributed by atoms with Gasteiger partial charge in [-0.05, 0) is 12.5 Å². The molecular weight excluding hydrogens is 224 g/mol. The van der Waals surface area contributed by atoms with E-state index in [2.05, 4.69) is 10.2 Å². The SMILES string of the molecule is CC(Cc1ccccc1)OC(=O)N=NC(=O)O. The fourth-order valence-corrected chi connectivity index (χ4v) is 1.27. The van der Waals surface area contributed by atoms with E-state index in [-0.39, 0.29) is 0 Å². The molecule has 0 spiro atoms. The normalized spacial score (nSPS) is 12.3. The number of carboxylic acid groups (broad SMARTS) is 1. The van der Waals surface area contributed by atoms with Crippen LogP contribution in [0.5, 0.6) is 0 Å². The smallest absolute Gasteiger partial charge is 0.452 e. The Hall–Kier alpha value is -2.24. The summed E-state index contributed by atoms with van der Waals surface area (Å²) in [7, 11) is 0. The highest BCUT2D eigenvalue weighted by Gasteiger charge is 2.09. The van der Waals surface area contributed by atoms with Gasteiger partial charge < -0.3 is 9.84 Å². The van der Waals surface area contributed by atoms with Crippen molar-refractivity contribution in [1.82, 2.24) is 0 Å².